The molecule has 0 spiro atoms. The maximum absolute atomic E-state index is 8.70. The van der Waals surface area contributed by atoms with Crippen molar-refractivity contribution in [2.45, 2.75) is 0 Å². The van der Waals surface area contributed by atoms with Crippen molar-refractivity contribution in [3.8, 4) is 17.2 Å². The fourth-order valence-electron chi connectivity index (χ4n) is 1.74. The molecule has 7 N–H and O–H groups in total. The molecule has 3 aromatic rings. The highest BCUT2D eigenvalue weighted by molar-refractivity contribution is 5.58. The van der Waals surface area contributed by atoms with Crippen LogP contribution in [0.2, 0.25) is 0 Å². The van der Waals surface area contributed by atoms with E-state index in [2.05, 4.69) is 0 Å². The van der Waals surface area contributed by atoms with Crippen molar-refractivity contribution < 1.29 is 9.84 Å². The Morgan fingerprint density at radius 3 is 1.43 bits per heavy atom. The van der Waals surface area contributed by atoms with Gasteiger partial charge in [-0.25, -0.2) is 0 Å². The minimum Gasteiger partial charge on any atom is -0.508 e. The molecule has 0 aliphatic heterocycles. The summed E-state index contributed by atoms with van der Waals surface area (Å²) in [5, 5.41) is 8.70. The number of benzene rings is 3. The van der Waals surface area contributed by atoms with Crippen LogP contribution in [0.25, 0.3) is 0 Å². The van der Waals surface area contributed by atoms with Gasteiger partial charge in [0.1, 0.15) is 17.2 Å². The van der Waals surface area contributed by atoms with Gasteiger partial charge in [-0.3, -0.25) is 0 Å². The summed E-state index contributed by atoms with van der Waals surface area (Å²) in [6.07, 6.45) is 0. The lowest BCUT2D eigenvalue weighted by Crippen LogP contribution is -1.94. The van der Waals surface area contributed by atoms with Gasteiger partial charge in [-0.1, -0.05) is 24.3 Å². The number of phenolic OH excluding ortho intramolecular Hbond substituents is 1. The first kappa shape index (κ1) is 16.0. The molecule has 0 aliphatic rings. The third kappa shape index (κ3) is 4.86. The van der Waals surface area contributed by atoms with Crippen molar-refractivity contribution >= 4 is 17.1 Å². The summed E-state index contributed by atoms with van der Waals surface area (Å²) in [7, 11) is 0. The maximum Gasteiger partial charge on any atom is 0.150 e. The number of ether oxygens (including phenoxy) is 1. The second kappa shape index (κ2) is 7.61. The highest BCUT2D eigenvalue weighted by Gasteiger charge is 2.02. The molecule has 3 aromatic carbocycles. The van der Waals surface area contributed by atoms with Gasteiger partial charge in [0.15, 0.2) is 0 Å². The van der Waals surface area contributed by atoms with Crippen molar-refractivity contribution in [2.24, 2.45) is 0 Å². The van der Waals surface area contributed by atoms with Crippen molar-refractivity contribution in [3.05, 3.63) is 72.8 Å². The summed E-state index contributed by atoms with van der Waals surface area (Å²) in [6.45, 7) is 0. The van der Waals surface area contributed by atoms with Gasteiger partial charge in [0, 0.05) is 5.69 Å². The molecule has 0 amide bonds. The van der Waals surface area contributed by atoms with Crippen molar-refractivity contribution in [2.75, 3.05) is 17.2 Å². The minimum atomic E-state index is 0.249. The number of aromatic hydroxyl groups is 1. The van der Waals surface area contributed by atoms with E-state index in [1.54, 1.807) is 36.4 Å². The van der Waals surface area contributed by atoms with Crippen molar-refractivity contribution in [1.29, 1.82) is 0 Å². The number of hydrogen-bond donors (Lipinski definition) is 4. The van der Waals surface area contributed by atoms with Gasteiger partial charge in [0.05, 0.1) is 11.4 Å². The maximum atomic E-state index is 8.70. The molecule has 5 nitrogen and oxygen atoms in total. The van der Waals surface area contributed by atoms with Gasteiger partial charge in [-0.15, -0.1) is 0 Å². The number of hydrogen-bond acceptors (Lipinski definition) is 5. The second-order valence-corrected chi connectivity index (χ2v) is 4.77. The van der Waals surface area contributed by atoms with Crippen LogP contribution < -0.4 is 21.9 Å². The Morgan fingerprint density at radius 2 is 1.04 bits per heavy atom. The van der Waals surface area contributed by atoms with E-state index in [1.165, 1.54) is 0 Å². The molecule has 0 radical (unpaired) electrons. The lowest BCUT2D eigenvalue weighted by atomic mass is 10.3. The first-order valence-corrected chi connectivity index (χ1v) is 6.97. The number of nitrogens with two attached hydrogens (primary N) is 3. The summed E-state index contributed by atoms with van der Waals surface area (Å²) in [5.74, 6) is 1.49. The van der Waals surface area contributed by atoms with Crippen LogP contribution in [0.5, 0.6) is 17.2 Å². The molecule has 5 heteroatoms. The van der Waals surface area contributed by atoms with E-state index < -0.39 is 0 Å². The predicted octanol–water partition coefficient (Wildman–Crippen LogP) is 3.62. The number of anilines is 3. The van der Waals surface area contributed by atoms with Crippen LogP contribution in [-0.4, -0.2) is 5.11 Å². The molecule has 0 aliphatic carbocycles. The average molecular weight is 309 g/mol. The summed E-state index contributed by atoms with van der Waals surface area (Å²) >= 11 is 0. The zero-order valence-electron chi connectivity index (χ0n) is 12.5. The van der Waals surface area contributed by atoms with E-state index in [0.29, 0.717) is 28.6 Å². The van der Waals surface area contributed by atoms with E-state index >= 15 is 0 Å². The Hall–Kier alpha value is -3.34. The van der Waals surface area contributed by atoms with Crippen LogP contribution in [0.3, 0.4) is 0 Å². The number of para-hydroxylation sites is 4. The molecule has 0 saturated heterocycles. The van der Waals surface area contributed by atoms with Crippen LogP contribution in [0, 0.1) is 0 Å². The Bertz CT molecular complexity index is 694. The topological polar surface area (TPSA) is 108 Å². The van der Waals surface area contributed by atoms with Gasteiger partial charge in [-0.05, 0) is 48.5 Å². The number of phenols is 1. The van der Waals surface area contributed by atoms with Crippen LogP contribution in [0.15, 0.2) is 72.8 Å². The van der Waals surface area contributed by atoms with E-state index in [9.17, 15) is 0 Å². The Balaban J connectivity index is 0.000000203. The summed E-state index contributed by atoms with van der Waals surface area (Å²) in [5.41, 5.74) is 18.7. The highest BCUT2D eigenvalue weighted by atomic mass is 16.5. The van der Waals surface area contributed by atoms with E-state index in [4.69, 9.17) is 27.0 Å². The molecule has 0 atom stereocenters. The molecular formula is C18H19N3O2. The fourth-order valence-corrected chi connectivity index (χ4v) is 1.74. The van der Waals surface area contributed by atoms with E-state index in [-0.39, 0.29) is 5.75 Å². The Labute approximate surface area is 134 Å². The number of nitrogen functional groups attached to an aromatic ring is 3. The third-order valence-electron chi connectivity index (χ3n) is 2.95. The van der Waals surface area contributed by atoms with Crippen LogP contribution in [0.1, 0.15) is 0 Å². The summed E-state index contributed by atoms with van der Waals surface area (Å²) < 4.78 is 5.59. The molecule has 0 saturated carbocycles. The monoisotopic (exact) mass is 309 g/mol. The minimum absolute atomic E-state index is 0.249. The van der Waals surface area contributed by atoms with Crippen LogP contribution in [-0.2, 0) is 0 Å². The predicted molar refractivity (Wildman–Crippen MR) is 94.3 cm³/mol. The molecule has 3 rings (SSSR count). The first-order valence-electron chi connectivity index (χ1n) is 6.97. The molecule has 0 fully saturated rings. The standard InChI is InChI=1S/C12H12N2O.C6H7NO/c13-9-5-1-3-7-11(9)15-12-8-4-2-6-10(12)14;7-5-1-3-6(8)4-2-5/h1-8H,13-14H2;1-4,8H,7H2. The van der Waals surface area contributed by atoms with E-state index in [1.807, 2.05) is 36.4 Å². The molecule has 0 unspecified atom stereocenters. The quantitative estimate of drug-likeness (QED) is 0.427. The lowest BCUT2D eigenvalue weighted by Gasteiger charge is -2.09. The Morgan fingerprint density at radius 1 is 0.609 bits per heavy atom. The normalized spacial score (nSPS) is 9.57. The highest BCUT2D eigenvalue weighted by Crippen LogP contribution is 2.30. The zero-order chi connectivity index (χ0) is 16.7. The van der Waals surface area contributed by atoms with Gasteiger partial charge in [0.25, 0.3) is 0 Å². The number of rotatable bonds is 2. The van der Waals surface area contributed by atoms with Gasteiger partial charge < -0.3 is 27.0 Å². The van der Waals surface area contributed by atoms with Crippen molar-refractivity contribution in [1.82, 2.24) is 0 Å². The van der Waals surface area contributed by atoms with E-state index in [0.717, 1.165) is 0 Å². The van der Waals surface area contributed by atoms with Gasteiger partial charge in [0.2, 0.25) is 0 Å². The molecule has 118 valence electrons. The zero-order valence-corrected chi connectivity index (χ0v) is 12.5. The lowest BCUT2D eigenvalue weighted by molar-refractivity contribution is 0.475. The molecule has 0 bridgehead atoms. The Kier molecular flexibility index (Phi) is 5.30. The molecular weight excluding hydrogens is 290 g/mol. The SMILES string of the molecule is Nc1ccc(O)cc1.Nc1ccccc1Oc1ccccc1N. The first-order chi connectivity index (χ1) is 11.1. The third-order valence-corrected chi connectivity index (χ3v) is 2.95. The fraction of sp³-hybridized carbons (Fsp3) is 0. The average Bonchev–Trinajstić information content (AvgIpc) is 2.55. The van der Waals surface area contributed by atoms with Crippen molar-refractivity contribution in [3.63, 3.8) is 0 Å². The van der Waals surface area contributed by atoms with Crippen LogP contribution in [0.4, 0.5) is 17.1 Å². The van der Waals surface area contributed by atoms with Gasteiger partial charge >= 0.3 is 0 Å². The largest absolute Gasteiger partial charge is 0.508 e. The molecule has 23 heavy (non-hydrogen) atoms. The smallest absolute Gasteiger partial charge is 0.150 e. The van der Waals surface area contributed by atoms with Gasteiger partial charge in [-0.2, -0.15) is 0 Å². The molecule has 0 heterocycles. The molecule has 0 aromatic heterocycles. The second-order valence-electron chi connectivity index (χ2n) is 4.77. The summed E-state index contributed by atoms with van der Waals surface area (Å²) in [4.78, 5) is 0. The van der Waals surface area contributed by atoms with Crippen LogP contribution >= 0.6 is 0 Å². The summed E-state index contributed by atoms with van der Waals surface area (Å²) in [6, 6.07) is 21.0.